The minimum Gasteiger partial charge on any atom is -0.372 e. The summed E-state index contributed by atoms with van der Waals surface area (Å²) in [5.41, 5.74) is 4.49. The first-order chi connectivity index (χ1) is 12.4. The van der Waals surface area contributed by atoms with E-state index in [0.717, 1.165) is 43.3 Å². The molecular weight excluding hydrogens is 322 g/mol. The Bertz CT molecular complexity index is 708. The highest BCUT2D eigenvalue weighted by Gasteiger charge is 2.07. The topological polar surface area (TPSA) is 53.1 Å². The molecule has 0 atom stereocenters. The van der Waals surface area contributed by atoms with E-state index in [4.69, 9.17) is 0 Å². The van der Waals surface area contributed by atoms with Crippen LogP contribution >= 0.6 is 0 Å². The molecule has 0 aliphatic carbocycles. The first kappa shape index (κ1) is 20.0. The molecule has 5 nitrogen and oxygen atoms in total. The molecule has 0 bridgehead atoms. The van der Waals surface area contributed by atoms with Crippen LogP contribution in [0.2, 0.25) is 0 Å². The van der Waals surface area contributed by atoms with Gasteiger partial charge >= 0.3 is 0 Å². The molecule has 26 heavy (non-hydrogen) atoms. The Hall–Kier alpha value is -2.30. The van der Waals surface area contributed by atoms with Crippen LogP contribution in [0, 0.1) is 19.8 Å². The zero-order valence-electron chi connectivity index (χ0n) is 17.1. The zero-order chi connectivity index (χ0) is 19.1. The number of nitrogens with one attached hydrogen (secondary N) is 2. The van der Waals surface area contributed by atoms with Crippen LogP contribution in [0.1, 0.15) is 45.4 Å². The summed E-state index contributed by atoms with van der Waals surface area (Å²) in [5.74, 6) is 2.17. The maximum atomic E-state index is 4.61. The van der Waals surface area contributed by atoms with Gasteiger partial charge in [-0.3, -0.25) is 0 Å². The SMILES string of the molecule is CCN(CC)c1ccc(Nc2cc(C)nc(NCCC(C)C)n2)c(C)c1. The zero-order valence-corrected chi connectivity index (χ0v) is 17.1. The van der Waals surface area contributed by atoms with E-state index >= 15 is 0 Å². The maximum Gasteiger partial charge on any atom is 0.224 e. The first-order valence-corrected chi connectivity index (χ1v) is 9.65. The van der Waals surface area contributed by atoms with Crippen LogP contribution in [0.5, 0.6) is 0 Å². The van der Waals surface area contributed by atoms with Gasteiger partial charge in [-0.15, -0.1) is 0 Å². The second-order valence-electron chi connectivity index (χ2n) is 7.12. The Morgan fingerprint density at radius 2 is 1.77 bits per heavy atom. The van der Waals surface area contributed by atoms with Crippen LogP contribution < -0.4 is 15.5 Å². The van der Waals surface area contributed by atoms with E-state index < -0.39 is 0 Å². The number of hydrogen-bond acceptors (Lipinski definition) is 5. The fraction of sp³-hybridized carbons (Fsp3) is 0.524. The summed E-state index contributed by atoms with van der Waals surface area (Å²) in [7, 11) is 0. The highest BCUT2D eigenvalue weighted by Crippen LogP contribution is 2.25. The van der Waals surface area contributed by atoms with E-state index in [1.807, 2.05) is 13.0 Å². The molecule has 2 rings (SSSR count). The van der Waals surface area contributed by atoms with E-state index in [1.165, 1.54) is 11.3 Å². The third kappa shape index (κ3) is 5.61. The minimum absolute atomic E-state index is 0.664. The molecule has 0 aliphatic rings. The summed E-state index contributed by atoms with van der Waals surface area (Å²) in [6.45, 7) is 15.8. The largest absolute Gasteiger partial charge is 0.372 e. The van der Waals surface area contributed by atoms with Crippen molar-refractivity contribution in [3.05, 3.63) is 35.5 Å². The van der Waals surface area contributed by atoms with Crippen molar-refractivity contribution in [2.24, 2.45) is 5.92 Å². The van der Waals surface area contributed by atoms with Gasteiger partial charge in [0.25, 0.3) is 0 Å². The fourth-order valence-corrected chi connectivity index (χ4v) is 2.90. The molecule has 5 heteroatoms. The summed E-state index contributed by atoms with van der Waals surface area (Å²) >= 11 is 0. The van der Waals surface area contributed by atoms with Crippen LogP contribution in [0.15, 0.2) is 24.3 Å². The predicted molar refractivity (Wildman–Crippen MR) is 113 cm³/mol. The van der Waals surface area contributed by atoms with Gasteiger partial charge in [0.15, 0.2) is 0 Å². The molecule has 0 amide bonds. The number of benzene rings is 1. The van der Waals surface area contributed by atoms with Crippen molar-refractivity contribution in [3.8, 4) is 0 Å². The Morgan fingerprint density at radius 3 is 2.38 bits per heavy atom. The van der Waals surface area contributed by atoms with Gasteiger partial charge in [-0.05, 0) is 63.8 Å². The quantitative estimate of drug-likeness (QED) is 0.652. The van der Waals surface area contributed by atoms with Crippen molar-refractivity contribution < 1.29 is 0 Å². The Kier molecular flexibility index (Phi) is 7.25. The van der Waals surface area contributed by atoms with Gasteiger partial charge in [0.05, 0.1) is 0 Å². The van der Waals surface area contributed by atoms with Crippen molar-refractivity contribution in [2.75, 3.05) is 35.2 Å². The van der Waals surface area contributed by atoms with Gasteiger partial charge in [0, 0.05) is 42.8 Å². The number of rotatable bonds is 9. The second-order valence-corrected chi connectivity index (χ2v) is 7.12. The molecule has 0 unspecified atom stereocenters. The van der Waals surface area contributed by atoms with Crippen molar-refractivity contribution >= 4 is 23.1 Å². The van der Waals surface area contributed by atoms with Crippen molar-refractivity contribution in [1.29, 1.82) is 0 Å². The third-order valence-corrected chi connectivity index (χ3v) is 4.46. The van der Waals surface area contributed by atoms with Crippen LogP contribution in [-0.2, 0) is 0 Å². The number of aromatic nitrogens is 2. The maximum absolute atomic E-state index is 4.61. The fourth-order valence-electron chi connectivity index (χ4n) is 2.90. The molecular formula is C21H33N5. The van der Waals surface area contributed by atoms with Gasteiger partial charge in [-0.2, -0.15) is 4.98 Å². The average molecular weight is 356 g/mol. The molecule has 1 aromatic heterocycles. The highest BCUT2D eigenvalue weighted by molar-refractivity contribution is 5.65. The lowest BCUT2D eigenvalue weighted by atomic mass is 10.1. The summed E-state index contributed by atoms with van der Waals surface area (Å²) < 4.78 is 0. The summed E-state index contributed by atoms with van der Waals surface area (Å²) in [4.78, 5) is 11.4. The second kappa shape index (κ2) is 9.41. The Morgan fingerprint density at radius 1 is 1.04 bits per heavy atom. The summed E-state index contributed by atoms with van der Waals surface area (Å²) in [6.07, 6.45) is 1.10. The third-order valence-electron chi connectivity index (χ3n) is 4.46. The van der Waals surface area contributed by atoms with Crippen LogP contribution in [0.25, 0.3) is 0 Å². The Balaban J connectivity index is 2.13. The Labute approximate surface area is 158 Å². The molecule has 1 heterocycles. The van der Waals surface area contributed by atoms with Crippen molar-refractivity contribution in [3.63, 3.8) is 0 Å². The lowest BCUT2D eigenvalue weighted by Gasteiger charge is -2.22. The number of nitrogens with zero attached hydrogens (tertiary/aromatic N) is 3. The van der Waals surface area contributed by atoms with E-state index in [0.29, 0.717) is 11.9 Å². The molecule has 142 valence electrons. The molecule has 2 aromatic rings. The molecule has 1 aromatic carbocycles. The van der Waals surface area contributed by atoms with Gasteiger partial charge < -0.3 is 15.5 Å². The summed E-state index contributed by atoms with van der Waals surface area (Å²) in [6, 6.07) is 8.50. The predicted octanol–water partition coefficient (Wildman–Crippen LogP) is 5.14. The lowest BCUT2D eigenvalue weighted by Crippen LogP contribution is -2.21. The molecule has 0 spiro atoms. The van der Waals surface area contributed by atoms with Gasteiger partial charge in [0.2, 0.25) is 5.95 Å². The molecule has 0 fully saturated rings. The number of hydrogen-bond donors (Lipinski definition) is 2. The molecule has 2 N–H and O–H groups in total. The molecule has 0 saturated heterocycles. The molecule has 0 radical (unpaired) electrons. The van der Waals surface area contributed by atoms with Crippen molar-refractivity contribution in [2.45, 2.75) is 48.0 Å². The molecule has 0 aliphatic heterocycles. The van der Waals surface area contributed by atoms with E-state index in [9.17, 15) is 0 Å². The van der Waals surface area contributed by atoms with Crippen LogP contribution in [-0.4, -0.2) is 29.6 Å². The normalized spacial score (nSPS) is 10.9. The standard InChI is InChI=1S/C21H33N5/c1-7-26(8-2)18-9-10-19(16(5)13-18)24-20-14-17(6)23-21(25-20)22-12-11-15(3)4/h9-10,13-15H,7-8,11-12H2,1-6H3,(H2,22,23,24,25). The van der Waals surface area contributed by atoms with Crippen molar-refractivity contribution in [1.82, 2.24) is 9.97 Å². The van der Waals surface area contributed by atoms with E-state index in [-0.39, 0.29) is 0 Å². The lowest BCUT2D eigenvalue weighted by molar-refractivity contribution is 0.606. The van der Waals surface area contributed by atoms with Crippen LogP contribution in [0.4, 0.5) is 23.1 Å². The van der Waals surface area contributed by atoms with Crippen LogP contribution in [0.3, 0.4) is 0 Å². The molecule has 0 saturated carbocycles. The minimum atomic E-state index is 0.664. The number of aryl methyl sites for hydroxylation is 2. The van der Waals surface area contributed by atoms with E-state index in [2.05, 4.69) is 78.3 Å². The van der Waals surface area contributed by atoms with Gasteiger partial charge in [0.1, 0.15) is 5.82 Å². The smallest absolute Gasteiger partial charge is 0.224 e. The average Bonchev–Trinajstić information content (AvgIpc) is 2.57. The summed E-state index contributed by atoms with van der Waals surface area (Å²) in [5, 5.41) is 6.77. The van der Waals surface area contributed by atoms with E-state index in [1.54, 1.807) is 0 Å². The van der Waals surface area contributed by atoms with Gasteiger partial charge in [-0.1, -0.05) is 13.8 Å². The number of anilines is 4. The first-order valence-electron chi connectivity index (χ1n) is 9.65. The monoisotopic (exact) mass is 355 g/mol. The van der Waals surface area contributed by atoms with Gasteiger partial charge in [-0.25, -0.2) is 4.98 Å². The highest BCUT2D eigenvalue weighted by atomic mass is 15.1.